The molecule has 106 valence electrons. The summed E-state index contributed by atoms with van der Waals surface area (Å²) in [6.07, 6.45) is 5.64. The molecular weight excluding hydrogens is 268 g/mol. The van der Waals surface area contributed by atoms with Crippen LogP contribution in [-0.2, 0) is 10.0 Å². The molecule has 0 amide bonds. The van der Waals surface area contributed by atoms with Gasteiger partial charge in [-0.2, -0.15) is 0 Å². The molecule has 18 heavy (non-hydrogen) atoms. The molecule has 1 rings (SSSR count). The molecule has 0 bridgehead atoms. The van der Waals surface area contributed by atoms with Crippen LogP contribution in [0.1, 0.15) is 39.0 Å². The van der Waals surface area contributed by atoms with Gasteiger partial charge in [0.1, 0.15) is 0 Å². The zero-order valence-electron chi connectivity index (χ0n) is 11.3. The van der Waals surface area contributed by atoms with Crippen LogP contribution in [0, 0.1) is 11.8 Å². The Balaban J connectivity index is 2.53. The lowest BCUT2D eigenvalue weighted by Crippen LogP contribution is -2.38. The molecule has 0 aromatic rings. The largest absolute Gasteiger partial charge is 0.393 e. The van der Waals surface area contributed by atoms with Crippen LogP contribution in [-0.4, -0.2) is 37.1 Å². The Kier molecular flexibility index (Phi) is 6.01. The van der Waals surface area contributed by atoms with Crippen molar-refractivity contribution in [3.8, 4) is 0 Å². The summed E-state index contributed by atoms with van der Waals surface area (Å²) in [7, 11) is -1.55. The van der Waals surface area contributed by atoms with Crippen molar-refractivity contribution < 1.29 is 8.42 Å². The molecule has 1 unspecified atom stereocenters. The number of nitrogens with zero attached hydrogens (tertiary/aromatic N) is 1. The first-order chi connectivity index (χ1) is 8.33. The number of hydrogen-bond donors (Lipinski definition) is 1. The van der Waals surface area contributed by atoms with Crippen LogP contribution in [0.5, 0.6) is 0 Å². The van der Waals surface area contributed by atoms with E-state index in [1.807, 2.05) is 6.92 Å². The topological polar surface area (TPSA) is 63.4 Å². The van der Waals surface area contributed by atoms with Crippen molar-refractivity contribution in [1.82, 2.24) is 4.31 Å². The van der Waals surface area contributed by atoms with Gasteiger partial charge in [-0.1, -0.05) is 38.4 Å². The highest BCUT2D eigenvalue weighted by atomic mass is 32.2. The fourth-order valence-corrected chi connectivity index (χ4v) is 4.08. The third-order valence-corrected chi connectivity index (χ3v) is 6.06. The van der Waals surface area contributed by atoms with E-state index in [2.05, 4.69) is 0 Å². The van der Waals surface area contributed by atoms with E-state index in [-0.39, 0.29) is 11.7 Å². The van der Waals surface area contributed by atoms with Crippen molar-refractivity contribution in [2.45, 2.75) is 39.0 Å². The average molecular weight is 292 g/mol. The molecule has 1 saturated carbocycles. The van der Waals surface area contributed by atoms with Gasteiger partial charge in [-0.05, 0) is 18.8 Å². The summed E-state index contributed by atoms with van der Waals surface area (Å²) in [6.45, 7) is 2.24. The van der Waals surface area contributed by atoms with Crippen molar-refractivity contribution in [3.05, 3.63) is 0 Å². The highest BCUT2D eigenvalue weighted by Crippen LogP contribution is 2.25. The van der Waals surface area contributed by atoms with Gasteiger partial charge in [0.05, 0.1) is 10.7 Å². The average Bonchev–Trinajstić information content (AvgIpc) is 2.29. The predicted molar refractivity (Wildman–Crippen MR) is 78.9 cm³/mol. The molecule has 1 fully saturated rings. The molecule has 0 aliphatic heterocycles. The Labute approximate surface area is 116 Å². The monoisotopic (exact) mass is 292 g/mol. The Morgan fingerprint density at radius 3 is 2.44 bits per heavy atom. The maximum absolute atomic E-state index is 12.2. The molecule has 1 aliphatic carbocycles. The van der Waals surface area contributed by atoms with Gasteiger partial charge in [0.25, 0.3) is 0 Å². The summed E-state index contributed by atoms with van der Waals surface area (Å²) in [4.78, 5) is 0.370. The quantitative estimate of drug-likeness (QED) is 0.758. The van der Waals surface area contributed by atoms with Crippen molar-refractivity contribution in [2.24, 2.45) is 17.6 Å². The van der Waals surface area contributed by atoms with Crippen LogP contribution in [0.2, 0.25) is 0 Å². The molecule has 4 nitrogen and oxygen atoms in total. The number of thiocarbonyl (C=S) groups is 1. The van der Waals surface area contributed by atoms with Crippen molar-refractivity contribution in [3.63, 3.8) is 0 Å². The van der Waals surface area contributed by atoms with E-state index in [4.69, 9.17) is 18.0 Å². The summed E-state index contributed by atoms with van der Waals surface area (Å²) in [5, 5.41) is 0. The lowest BCUT2D eigenvalue weighted by molar-refractivity contribution is 0.372. The van der Waals surface area contributed by atoms with Gasteiger partial charge in [0, 0.05) is 19.5 Å². The van der Waals surface area contributed by atoms with Crippen LogP contribution >= 0.6 is 12.2 Å². The van der Waals surface area contributed by atoms with Crippen molar-refractivity contribution in [2.75, 3.05) is 19.3 Å². The van der Waals surface area contributed by atoms with Gasteiger partial charge in [-0.25, -0.2) is 12.7 Å². The zero-order valence-corrected chi connectivity index (χ0v) is 12.9. The number of sulfonamides is 1. The van der Waals surface area contributed by atoms with Gasteiger partial charge in [-0.3, -0.25) is 0 Å². The summed E-state index contributed by atoms with van der Waals surface area (Å²) in [5.41, 5.74) is 5.52. The van der Waals surface area contributed by atoms with E-state index >= 15 is 0 Å². The third kappa shape index (κ3) is 4.82. The van der Waals surface area contributed by atoms with E-state index in [0.29, 0.717) is 17.5 Å². The van der Waals surface area contributed by atoms with E-state index < -0.39 is 10.0 Å². The Morgan fingerprint density at radius 1 is 1.39 bits per heavy atom. The Hall–Kier alpha value is -0.200. The van der Waals surface area contributed by atoms with Crippen LogP contribution < -0.4 is 5.73 Å². The SMILES string of the molecule is CC(CN(C)S(=O)(=O)CC1CCCCC1)C(N)=S. The van der Waals surface area contributed by atoms with Gasteiger partial charge < -0.3 is 5.73 Å². The fourth-order valence-electron chi connectivity index (χ4n) is 2.37. The molecule has 1 atom stereocenters. The summed E-state index contributed by atoms with van der Waals surface area (Å²) in [6, 6.07) is 0. The summed E-state index contributed by atoms with van der Waals surface area (Å²) >= 11 is 4.88. The van der Waals surface area contributed by atoms with Gasteiger partial charge in [0.2, 0.25) is 10.0 Å². The minimum Gasteiger partial charge on any atom is -0.393 e. The Morgan fingerprint density at radius 2 is 1.94 bits per heavy atom. The lowest BCUT2D eigenvalue weighted by Gasteiger charge is -2.26. The molecule has 0 spiro atoms. The highest BCUT2D eigenvalue weighted by Gasteiger charge is 2.26. The first-order valence-electron chi connectivity index (χ1n) is 6.56. The maximum atomic E-state index is 12.2. The molecule has 1 aliphatic rings. The van der Waals surface area contributed by atoms with Gasteiger partial charge in [0.15, 0.2) is 0 Å². The zero-order chi connectivity index (χ0) is 13.8. The molecule has 0 radical (unpaired) electrons. The maximum Gasteiger partial charge on any atom is 0.214 e. The van der Waals surface area contributed by atoms with Gasteiger partial charge in [-0.15, -0.1) is 0 Å². The van der Waals surface area contributed by atoms with Crippen LogP contribution in [0.4, 0.5) is 0 Å². The second-order valence-corrected chi connectivity index (χ2v) is 7.96. The molecule has 0 saturated heterocycles. The van der Waals surface area contributed by atoms with E-state index in [1.165, 1.54) is 10.7 Å². The van der Waals surface area contributed by atoms with E-state index in [0.717, 1.165) is 25.7 Å². The minimum absolute atomic E-state index is 0.0777. The van der Waals surface area contributed by atoms with Crippen molar-refractivity contribution in [1.29, 1.82) is 0 Å². The first kappa shape index (κ1) is 15.9. The van der Waals surface area contributed by atoms with Crippen LogP contribution in [0.15, 0.2) is 0 Å². The van der Waals surface area contributed by atoms with Crippen molar-refractivity contribution >= 4 is 27.2 Å². The summed E-state index contributed by atoms with van der Waals surface area (Å²) in [5.74, 6) is 0.519. The second kappa shape index (κ2) is 6.82. The molecule has 0 heterocycles. The predicted octanol–water partition coefficient (Wildman–Crippen LogP) is 1.75. The standard InChI is InChI=1S/C12H24N2O2S2/c1-10(12(13)17)8-14(2)18(15,16)9-11-6-4-3-5-7-11/h10-11H,3-9H2,1-2H3,(H2,13,17). The number of rotatable bonds is 6. The third-order valence-electron chi connectivity index (χ3n) is 3.66. The molecule has 0 aromatic carbocycles. The highest BCUT2D eigenvalue weighted by molar-refractivity contribution is 7.89. The molecule has 2 N–H and O–H groups in total. The lowest BCUT2D eigenvalue weighted by atomic mass is 9.91. The minimum atomic E-state index is -3.17. The van der Waals surface area contributed by atoms with E-state index in [9.17, 15) is 8.42 Å². The Bertz CT molecular complexity index is 376. The first-order valence-corrected chi connectivity index (χ1v) is 8.58. The molecule has 0 aromatic heterocycles. The second-order valence-electron chi connectivity index (χ2n) is 5.37. The van der Waals surface area contributed by atoms with E-state index in [1.54, 1.807) is 7.05 Å². The fraction of sp³-hybridized carbons (Fsp3) is 0.917. The van der Waals surface area contributed by atoms with Crippen LogP contribution in [0.25, 0.3) is 0 Å². The number of hydrogen-bond acceptors (Lipinski definition) is 3. The smallest absolute Gasteiger partial charge is 0.214 e. The van der Waals surface area contributed by atoms with Gasteiger partial charge >= 0.3 is 0 Å². The van der Waals surface area contributed by atoms with Crippen LogP contribution in [0.3, 0.4) is 0 Å². The molecular formula is C12H24N2O2S2. The number of nitrogens with two attached hydrogens (primary N) is 1. The summed E-state index contributed by atoms with van der Waals surface area (Å²) < 4.78 is 25.8. The molecule has 6 heteroatoms. The normalized spacial score (nSPS) is 19.9.